The summed E-state index contributed by atoms with van der Waals surface area (Å²) in [4.78, 5) is 4.86. The maximum absolute atomic E-state index is 6.48. The Kier molecular flexibility index (Phi) is 16.3. The first-order chi connectivity index (χ1) is 50.3. The number of nitrogens with zero attached hydrogens (tertiary/aromatic N) is 2. The fourth-order valence-electron chi connectivity index (χ4n) is 16.0. The standard InChI is InChI=1S/C98H74N2O2/c1-5-69-33-37-71(38-34-69)65-101-83-55-47-76(48-56-83)97(74-43-29-67(3)30-44-74)92-27-17-15-24-87(92)89-59-53-81(63-94(89)97)99(78-19-9-7-10-20-78)80-51-41-73(42-52-80)85-61-62-96(91-26-14-13-23-86(85)91)100(79-21-11-8-12-22-79)82-54-60-90-88-25-16-18-28-93(88)98(95(90)64-82,75-45-31-68(4)32-46-75)77-49-57-84(58-50-77)102-66-72-39-35-70(6-2)36-40-72/h5-64H,1-2,65-66H2,3-4H3. The number of benzene rings is 15. The number of fused-ring (bicyclic) bond motifs is 7. The molecule has 488 valence electrons. The highest BCUT2D eigenvalue weighted by molar-refractivity contribution is 6.07. The van der Waals surface area contributed by atoms with Crippen LogP contribution in [0.3, 0.4) is 0 Å². The molecule has 0 aliphatic heterocycles. The lowest BCUT2D eigenvalue weighted by molar-refractivity contribution is 0.306. The van der Waals surface area contributed by atoms with Crippen LogP contribution in [0.1, 0.15) is 77.9 Å². The van der Waals surface area contributed by atoms with Crippen LogP contribution in [0.15, 0.2) is 365 Å². The summed E-state index contributed by atoms with van der Waals surface area (Å²) < 4.78 is 12.9. The summed E-state index contributed by atoms with van der Waals surface area (Å²) in [5, 5.41) is 2.30. The van der Waals surface area contributed by atoms with Crippen LogP contribution in [0, 0.1) is 13.8 Å². The molecule has 0 amide bonds. The second-order valence-corrected chi connectivity index (χ2v) is 26.9. The van der Waals surface area contributed by atoms with E-state index >= 15 is 0 Å². The van der Waals surface area contributed by atoms with Crippen molar-refractivity contribution in [2.24, 2.45) is 0 Å². The number of hydrogen-bond acceptors (Lipinski definition) is 4. The maximum atomic E-state index is 6.48. The Morgan fingerprint density at radius 1 is 0.294 bits per heavy atom. The van der Waals surface area contributed by atoms with Crippen LogP contribution in [0.4, 0.5) is 34.1 Å². The van der Waals surface area contributed by atoms with Gasteiger partial charge in [0.1, 0.15) is 24.7 Å². The zero-order valence-corrected chi connectivity index (χ0v) is 57.2. The topological polar surface area (TPSA) is 24.9 Å². The van der Waals surface area contributed by atoms with Crippen LogP contribution in [-0.2, 0) is 24.0 Å². The van der Waals surface area contributed by atoms with Crippen LogP contribution in [0.2, 0.25) is 0 Å². The molecular weight excluding hydrogens is 1240 g/mol. The van der Waals surface area contributed by atoms with E-state index in [1.165, 1.54) is 77.9 Å². The molecule has 2 unspecified atom stereocenters. The summed E-state index contributed by atoms with van der Waals surface area (Å²) in [6, 6.07) is 129. The van der Waals surface area contributed by atoms with Crippen molar-refractivity contribution in [1.82, 2.24) is 0 Å². The van der Waals surface area contributed by atoms with E-state index < -0.39 is 10.8 Å². The minimum atomic E-state index is -0.659. The molecule has 15 aromatic rings. The van der Waals surface area contributed by atoms with Crippen molar-refractivity contribution in [1.29, 1.82) is 0 Å². The van der Waals surface area contributed by atoms with E-state index in [4.69, 9.17) is 9.47 Å². The van der Waals surface area contributed by atoms with Crippen LogP contribution in [-0.4, -0.2) is 0 Å². The molecule has 0 saturated heterocycles. The molecule has 0 radical (unpaired) electrons. The van der Waals surface area contributed by atoms with E-state index in [1.807, 2.05) is 12.2 Å². The van der Waals surface area contributed by atoms with E-state index in [2.05, 4.69) is 389 Å². The number of aryl methyl sites for hydroxylation is 2. The SMILES string of the molecule is C=Cc1ccc(COc2ccc(C3(c4ccc(C)cc4)c4ccccc4-c4ccc(N(c5ccccc5)c5ccc(-c6ccc(N(c7ccccc7)c7ccc8c(c7)C(c7ccc(C)cc7)(c7ccc(OCc9ccc(C=C)cc9)cc7)c7ccccc7-8)c7ccccc67)cc5)cc43)cc2)cc1. The minimum absolute atomic E-state index is 0.465. The predicted molar refractivity (Wildman–Crippen MR) is 425 cm³/mol. The van der Waals surface area contributed by atoms with E-state index in [1.54, 1.807) is 0 Å². The first kappa shape index (κ1) is 62.7. The van der Waals surface area contributed by atoms with E-state index in [-0.39, 0.29) is 0 Å². The van der Waals surface area contributed by atoms with Gasteiger partial charge in [-0.1, -0.05) is 297 Å². The van der Waals surface area contributed by atoms with Crippen molar-refractivity contribution in [2.45, 2.75) is 37.9 Å². The Bertz CT molecular complexity index is 5590. The largest absolute Gasteiger partial charge is 0.489 e. The van der Waals surface area contributed by atoms with Crippen molar-refractivity contribution < 1.29 is 9.47 Å². The molecule has 4 nitrogen and oxygen atoms in total. The fourth-order valence-corrected chi connectivity index (χ4v) is 16.0. The highest BCUT2D eigenvalue weighted by Gasteiger charge is 2.48. The molecule has 102 heavy (non-hydrogen) atoms. The van der Waals surface area contributed by atoms with Gasteiger partial charge in [0.15, 0.2) is 0 Å². The second kappa shape index (κ2) is 26.5. The van der Waals surface area contributed by atoms with Gasteiger partial charge in [-0.05, 0) is 210 Å². The molecule has 15 aromatic carbocycles. The molecule has 0 aromatic heterocycles. The Morgan fingerprint density at radius 3 is 1.12 bits per heavy atom. The molecular formula is C98H74N2O2. The smallest absolute Gasteiger partial charge is 0.119 e. The molecule has 17 rings (SSSR count). The van der Waals surface area contributed by atoms with Crippen LogP contribution in [0.5, 0.6) is 11.5 Å². The maximum Gasteiger partial charge on any atom is 0.119 e. The zero-order valence-electron chi connectivity index (χ0n) is 57.2. The molecule has 2 aliphatic rings. The van der Waals surface area contributed by atoms with Gasteiger partial charge in [0.05, 0.1) is 16.5 Å². The molecule has 0 saturated carbocycles. The van der Waals surface area contributed by atoms with Gasteiger partial charge in [0.2, 0.25) is 0 Å². The zero-order chi connectivity index (χ0) is 68.7. The first-order valence-corrected chi connectivity index (χ1v) is 35.1. The van der Waals surface area contributed by atoms with Gasteiger partial charge in [-0.2, -0.15) is 0 Å². The van der Waals surface area contributed by atoms with E-state index in [0.29, 0.717) is 13.2 Å². The van der Waals surface area contributed by atoms with Crippen molar-refractivity contribution in [3.8, 4) is 44.9 Å². The van der Waals surface area contributed by atoms with Crippen LogP contribution in [0.25, 0.3) is 56.3 Å². The monoisotopic (exact) mass is 1310 g/mol. The summed E-state index contributed by atoms with van der Waals surface area (Å²) in [6.45, 7) is 13.1. The quantitative estimate of drug-likeness (QED) is 0.0806. The summed E-state index contributed by atoms with van der Waals surface area (Å²) in [7, 11) is 0. The molecule has 0 N–H and O–H groups in total. The summed E-state index contributed by atoms with van der Waals surface area (Å²) in [5.74, 6) is 1.64. The lowest BCUT2D eigenvalue weighted by Gasteiger charge is -2.35. The molecule has 0 heterocycles. The van der Waals surface area contributed by atoms with Gasteiger partial charge in [0, 0.05) is 33.8 Å². The number of para-hydroxylation sites is 2. The Balaban J connectivity index is 0.747. The van der Waals surface area contributed by atoms with Crippen LogP contribution >= 0.6 is 0 Å². The highest BCUT2D eigenvalue weighted by Crippen LogP contribution is 2.60. The summed E-state index contributed by atoms with van der Waals surface area (Å²) in [6.07, 6.45) is 3.73. The molecule has 2 atom stereocenters. The first-order valence-electron chi connectivity index (χ1n) is 35.1. The normalized spacial score (nSPS) is 14.6. The van der Waals surface area contributed by atoms with E-state index in [0.717, 1.165) is 89.8 Å². The molecule has 0 bridgehead atoms. The molecule has 0 spiro atoms. The van der Waals surface area contributed by atoms with Gasteiger partial charge >= 0.3 is 0 Å². The average Bonchev–Trinajstić information content (AvgIpc) is 1.53. The van der Waals surface area contributed by atoms with Crippen molar-refractivity contribution in [3.05, 3.63) is 443 Å². The predicted octanol–water partition coefficient (Wildman–Crippen LogP) is 25.2. The minimum Gasteiger partial charge on any atom is -0.489 e. The van der Waals surface area contributed by atoms with Crippen molar-refractivity contribution >= 4 is 57.0 Å². The lowest BCUT2D eigenvalue weighted by Crippen LogP contribution is -2.29. The van der Waals surface area contributed by atoms with Gasteiger partial charge in [-0.3, -0.25) is 0 Å². The van der Waals surface area contributed by atoms with E-state index in [9.17, 15) is 0 Å². The Hall–Kier alpha value is -12.8. The molecule has 4 heteroatoms. The van der Waals surface area contributed by atoms with Crippen molar-refractivity contribution in [3.63, 3.8) is 0 Å². The summed E-state index contributed by atoms with van der Waals surface area (Å²) in [5.41, 5.74) is 28.8. The third kappa shape index (κ3) is 11.0. The second-order valence-electron chi connectivity index (χ2n) is 26.9. The Labute approximate surface area is 598 Å². The highest BCUT2D eigenvalue weighted by atomic mass is 16.5. The number of ether oxygens (including phenoxy) is 2. The van der Waals surface area contributed by atoms with Crippen molar-refractivity contribution in [2.75, 3.05) is 9.80 Å². The molecule has 0 fully saturated rings. The average molecular weight is 1310 g/mol. The van der Waals surface area contributed by atoms with Gasteiger partial charge < -0.3 is 19.3 Å². The fraction of sp³-hybridized carbons (Fsp3) is 0.0612. The summed E-state index contributed by atoms with van der Waals surface area (Å²) >= 11 is 0. The third-order valence-electron chi connectivity index (χ3n) is 21.0. The Morgan fingerprint density at radius 2 is 0.657 bits per heavy atom. The van der Waals surface area contributed by atoms with Gasteiger partial charge in [-0.15, -0.1) is 0 Å². The number of anilines is 6. The van der Waals surface area contributed by atoms with Gasteiger partial charge in [0.25, 0.3) is 0 Å². The number of hydrogen-bond donors (Lipinski definition) is 0. The van der Waals surface area contributed by atoms with Crippen LogP contribution < -0.4 is 19.3 Å². The number of rotatable bonds is 19. The third-order valence-corrected chi connectivity index (χ3v) is 21.0. The lowest BCUT2D eigenvalue weighted by atomic mass is 9.67. The van der Waals surface area contributed by atoms with Gasteiger partial charge in [-0.25, -0.2) is 0 Å². The molecule has 2 aliphatic carbocycles.